The van der Waals surface area contributed by atoms with E-state index in [1.807, 2.05) is 13.8 Å². The fourth-order valence-corrected chi connectivity index (χ4v) is 3.07. The summed E-state index contributed by atoms with van der Waals surface area (Å²) in [6.07, 6.45) is 0. The van der Waals surface area contributed by atoms with Gasteiger partial charge in [-0.05, 0) is 44.2 Å². The van der Waals surface area contributed by atoms with Crippen molar-refractivity contribution in [3.8, 4) is 11.5 Å². The van der Waals surface area contributed by atoms with Gasteiger partial charge in [0.15, 0.2) is 11.5 Å². The molecule has 3 rings (SSSR count). The number of carbonyl (C=O) groups excluding carboxylic acids is 1. The molecule has 0 radical (unpaired) electrons. The number of benzene rings is 2. The maximum atomic E-state index is 12.7. The Labute approximate surface area is 167 Å². The molecule has 0 fully saturated rings. The zero-order valence-corrected chi connectivity index (χ0v) is 16.8. The molecule has 0 atom stereocenters. The van der Waals surface area contributed by atoms with Crippen molar-refractivity contribution >= 4 is 22.5 Å². The summed E-state index contributed by atoms with van der Waals surface area (Å²) in [5, 5.41) is 3.09. The summed E-state index contributed by atoms with van der Waals surface area (Å²) >= 11 is 0. The third-order valence-electron chi connectivity index (χ3n) is 4.53. The van der Waals surface area contributed by atoms with Gasteiger partial charge >= 0.3 is 5.69 Å². The molecule has 1 aromatic heterocycles. The molecule has 8 heteroatoms. The Kier molecular flexibility index (Phi) is 5.72. The molecule has 0 bridgehead atoms. The molecule has 0 saturated heterocycles. The van der Waals surface area contributed by atoms with Gasteiger partial charge in [0.1, 0.15) is 0 Å². The molecule has 0 aliphatic carbocycles. The molecule has 0 unspecified atom stereocenters. The van der Waals surface area contributed by atoms with E-state index in [9.17, 15) is 14.4 Å². The quantitative estimate of drug-likeness (QED) is 0.689. The zero-order chi connectivity index (χ0) is 21.1. The van der Waals surface area contributed by atoms with Crippen LogP contribution in [0.1, 0.15) is 24.2 Å². The van der Waals surface area contributed by atoms with Crippen LogP contribution in [0, 0.1) is 0 Å². The molecule has 1 N–H and O–H groups in total. The number of ether oxygens (including phenoxy) is 2. The number of hydrogen-bond donors (Lipinski definition) is 1. The maximum absolute atomic E-state index is 12.7. The van der Waals surface area contributed by atoms with E-state index < -0.39 is 11.2 Å². The van der Waals surface area contributed by atoms with Crippen molar-refractivity contribution in [2.45, 2.75) is 13.8 Å². The summed E-state index contributed by atoms with van der Waals surface area (Å²) in [7, 11) is 2.99. The Bertz CT molecular complexity index is 1190. The number of rotatable bonds is 6. The Morgan fingerprint density at radius 2 is 1.62 bits per heavy atom. The lowest BCUT2D eigenvalue weighted by Gasteiger charge is -2.13. The Balaban J connectivity index is 1.95. The Morgan fingerprint density at radius 1 is 0.931 bits per heavy atom. The highest BCUT2D eigenvalue weighted by molar-refractivity contribution is 6.06. The molecule has 1 amide bonds. The second-order valence-corrected chi connectivity index (χ2v) is 6.42. The smallest absolute Gasteiger partial charge is 0.330 e. The Hall–Kier alpha value is -3.55. The van der Waals surface area contributed by atoms with Gasteiger partial charge in [-0.3, -0.25) is 18.7 Å². The van der Waals surface area contributed by atoms with Crippen LogP contribution in [0.2, 0.25) is 0 Å². The maximum Gasteiger partial charge on any atom is 0.330 e. The summed E-state index contributed by atoms with van der Waals surface area (Å²) in [5.74, 6) is 0.756. The van der Waals surface area contributed by atoms with Crippen molar-refractivity contribution in [2.24, 2.45) is 14.1 Å². The molecular formula is C21H23N3O5. The van der Waals surface area contributed by atoms with Crippen molar-refractivity contribution in [3.63, 3.8) is 0 Å². The van der Waals surface area contributed by atoms with E-state index in [1.54, 1.807) is 37.4 Å². The number of nitrogens with one attached hydrogen (secondary N) is 1. The lowest BCUT2D eigenvalue weighted by molar-refractivity contribution is 0.102. The molecular weight excluding hydrogens is 374 g/mol. The van der Waals surface area contributed by atoms with Crippen LogP contribution < -0.4 is 26.0 Å². The second kappa shape index (κ2) is 8.22. The minimum absolute atomic E-state index is 0.295. The SMILES string of the molecule is CCOc1ccc(NC(=O)c2ccc3c(c2)c(=O)n(C)c(=O)n3C)cc1OCC. The first-order valence-electron chi connectivity index (χ1n) is 9.28. The van der Waals surface area contributed by atoms with E-state index in [1.165, 1.54) is 17.7 Å². The first kappa shape index (κ1) is 20.2. The van der Waals surface area contributed by atoms with Crippen molar-refractivity contribution < 1.29 is 14.3 Å². The van der Waals surface area contributed by atoms with Crippen molar-refractivity contribution in [3.05, 3.63) is 62.8 Å². The fraction of sp³-hybridized carbons (Fsp3) is 0.286. The summed E-state index contributed by atoms with van der Waals surface area (Å²) < 4.78 is 13.5. The highest BCUT2D eigenvalue weighted by Crippen LogP contribution is 2.30. The van der Waals surface area contributed by atoms with Crippen molar-refractivity contribution in [1.29, 1.82) is 0 Å². The van der Waals surface area contributed by atoms with Gasteiger partial charge in [-0.15, -0.1) is 0 Å². The molecule has 2 aromatic carbocycles. The Morgan fingerprint density at radius 3 is 2.31 bits per heavy atom. The average Bonchev–Trinajstić information content (AvgIpc) is 2.72. The lowest BCUT2D eigenvalue weighted by atomic mass is 10.1. The van der Waals surface area contributed by atoms with Crippen LogP contribution in [0.3, 0.4) is 0 Å². The van der Waals surface area contributed by atoms with Gasteiger partial charge in [-0.1, -0.05) is 0 Å². The van der Waals surface area contributed by atoms with E-state index in [-0.39, 0.29) is 5.91 Å². The van der Waals surface area contributed by atoms with E-state index in [0.717, 1.165) is 4.57 Å². The highest BCUT2D eigenvalue weighted by Gasteiger charge is 2.14. The van der Waals surface area contributed by atoms with E-state index in [2.05, 4.69) is 5.32 Å². The number of hydrogen-bond acceptors (Lipinski definition) is 5. The molecule has 29 heavy (non-hydrogen) atoms. The molecule has 0 spiro atoms. The van der Waals surface area contributed by atoms with Crippen LogP contribution >= 0.6 is 0 Å². The first-order valence-corrected chi connectivity index (χ1v) is 9.28. The number of nitrogens with zero attached hydrogens (tertiary/aromatic N) is 2. The lowest BCUT2D eigenvalue weighted by Crippen LogP contribution is -2.37. The number of fused-ring (bicyclic) bond motifs is 1. The molecule has 0 aliphatic heterocycles. The van der Waals surface area contributed by atoms with Crippen LogP contribution in [-0.2, 0) is 14.1 Å². The molecule has 8 nitrogen and oxygen atoms in total. The number of aromatic nitrogens is 2. The van der Waals surface area contributed by atoms with Gasteiger partial charge in [0, 0.05) is 31.4 Å². The standard InChI is InChI=1S/C21H23N3O5/c1-5-28-17-10-8-14(12-18(17)29-6-2)22-19(25)13-7-9-16-15(11-13)20(26)24(4)21(27)23(16)3/h7-12H,5-6H2,1-4H3,(H,22,25). The third-order valence-corrected chi connectivity index (χ3v) is 4.53. The summed E-state index contributed by atoms with van der Waals surface area (Å²) in [5.41, 5.74) is 0.444. The van der Waals surface area contributed by atoms with Crippen LogP contribution in [-0.4, -0.2) is 28.3 Å². The number of amides is 1. The largest absolute Gasteiger partial charge is 0.490 e. The third kappa shape index (κ3) is 3.87. The average molecular weight is 397 g/mol. The second-order valence-electron chi connectivity index (χ2n) is 6.42. The van der Waals surface area contributed by atoms with E-state index in [4.69, 9.17) is 9.47 Å². The van der Waals surface area contributed by atoms with Gasteiger partial charge in [0.25, 0.3) is 11.5 Å². The highest BCUT2D eigenvalue weighted by atomic mass is 16.5. The number of carbonyl (C=O) groups is 1. The number of aryl methyl sites for hydroxylation is 1. The normalized spacial score (nSPS) is 10.8. The van der Waals surface area contributed by atoms with Gasteiger partial charge < -0.3 is 14.8 Å². The summed E-state index contributed by atoms with van der Waals surface area (Å²) in [4.78, 5) is 37.2. The monoisotopic (exact) mass is 397 g/mol. The predicted octanol–water partition coefficient (Wildman–Crippen LogP) is 2.29. The zero-order valence-electron chi connectivity index (χ0n) is 16.8. The van der Waals surface area contributed by atoms with Crippen LogP contribution in [0.4, 0.5) is 5.69 Å². The van der Waals surface area contributed by atoms with Gasteiger partial charge in [-0.25, -0.2) is 4.79 Å². The van der Waals surface area contributed by atoms with Gasteiger partial charge in [-0.2, -0.15) is 0 Å². The predicted molar refractivity (Wildman–Crippen MR) is 111 cm³/mol. The molecule has 3 aromatic rings. The van der Waals surface area contributed by atoms with Crippen molar-refractivity contribution in [1.82, 2.24) is 9.13 Å². The van der Waals surface area contributed by atoms with Crippen LogP contribution in [0.25, 0.3) is 10.9 Å². The first-order chi connectivity index (χ1) is 13.9. The van der Waals surface area contributed by atoms with Crippen LogP contribution in [0.15, 0.2) is 46.0 Å². The summed E-state index contributed by atoms with van der Waals surface area (Å²) in [6, 6.07) is 9.80. The molecule has 0 aliphatic rings. The minimum atomic E-state index is -0.447. The molecule has 1 heterocycles. The molecule has 152 valence electrons. The topological polar surface area (TPSA) is 91.6 Å². The molecule has 0 saturated carbocycles. The fourth-order valence-electron chi connectivity index (χ4n) is 3.07. The van der Waals surface area contributed by atoms with Gasteiger partial charge in [0.05, 0.1) is 24.1 Å². The van der Waals surface area contributed by atoms with Crippen molar-refractivity contribution in [2.75, 3.05) is 18.5 Å². The van der Waals surface area contributed by atoms with Crippen LogP contribution in [0.5, 0.6) is 11.5 Å². The van der Waals surface area contributed by atoms with E-state index in [0.29, 0.717) is 46.9 Å². The minimum Gasteiger partial charge on any atom is -0.490 e. The number of anilines is 1. The van der Waals surface area contributed by atoms with E-state index >= 15 is 0 Å². The van der Waals surface area contributed by atoms with Gasteiger partial charge in [0.2, 0.25) is 0 Å². The summed E-state index contributed by atoms with van der Waals surface area (Å²) in [6.45, 7) is 4.71.